The summed E-state index contributed by atoms with van der Waals surface area (Å²) in [6.45, 7) is 8.23. The summed E-state index contributed by atoms with van der Waals surface area (Å²) in [5, 5.41) is 12.2. The largest absolute Gasteiger partial charge is 0.387 e. The van der Waals surface area contributed by atoms with Gasteiger partial charge in [0.2, 0.25) is 0 Å². The second-order valence-electron chi connectivity index (χ2n) is 6.42. The normalized spacial score (nSPS) is 18.2. The van der Waals surface area contributed by atoms with Crippen LogP contribution in [0, 0.1) is 12.8 Å². The van der Waals surface area contributed by atoms with Crippen LogP contribution in [0.4, 0.5) is 0 Å². The summed E-state index contributed by atoms with van der Waals surface area (Å²) in [5.41, 5.74) is 2.41. The minimum atomic E-state index is -0.557. The van der Waals surface area contributed by atoms with Gasteiger partial charge in [-0.25, -0.2) is 4.98 Å². The Morgan fingerprint density at radius 3 is 2.67 bits per heavy atom. The monoisotopic (exact) mass is 304 g/mol. The fourth-order valence-corrected chi connectivity index (χ4v) is 3.14. The third-order valence-electron chi connectivity index (χ3n) is 4.59. The number of hydrogen-bond donors (Lipinski definition) is 1. The third kappa shape index (κ3) is 2.54. The van der Waals surface area contributed by atoms with E-state index in [9.17, 15) is 5.11 Å². The van der Waals surface area contributed by atoms with Crippen LogP contribution in [-0.2, 0) is 6.54 Å². The number of aromatic nitrogens is 1. The first-order valence-electron chi connectivity index (χ1n) is 7.39. The average molecular weight is 305 g/mol. The Kier molecular flexibility index (Phi) is 3.68. The quantitative estimate of drug-likeness (QED) is 0.944. The van der Waals surface area contributed by atoms with Crippen molar-refractivity contribution in [2.75, 3.05) is 13.1 Å². The standard InChI is InChI=1S/C17H21ClN2O/c1-11(2)17(21)9-20(10-17)8-15-16(18)12(3)13-6-4-5-7-14(13)19-15/h4-7,11,21H,8-10H2,1-3H3. The molecule has 0 spiro atoms. The molecule has 21 heavy (non-hydrogen) atoms. The number of likely N-dealkylation sites (tertiary alicyclic amines) is 1. The molecule has 1 aromatic heterocycles. The molecule has 1 fully saturated rings. The number of aryl methyl sites for hydroxylation is 1. The highest BCUT2D eigenvalue weighted by molar-refractivity contribution is 6.32. The van der Waals surface area contributed by atoms with Crippen LogP contribution in [-0.4, -0.2) is 33.7 Å². The van der Waals surface area contributed by atoms with Crippen molar-refractivity contribution in [1.29, 1.82) is 0 Å². The summed E-state index contributed by atoms with van der Waals surface area (Å²) < 4.78 is 0. The molecule has 1 saturated heterocycles. The number of halogens is 1. The summed E-state index contributed by atoms with van der Waals surface area (Å²) >= 11 is 6.48. The second-order valence-corrected chi connectivity index (χ2v) is 6.80. The molecule has 3 rings (SSSR count). The van der Waals surface area contributed by atoms with Gasteiger partial charge in [-0.1, -0.05) is 43.6 Å². The lowest BCUT2D eigenvalue weighted by molar-refractivity contribution is -0.131. The van der Waals surface area contributed by atoms with Gasteiger partial charge in [0.15, 0.2) is 0 Å². The van der Waals surface area contributed by atoms with Crippen LogP contribution in [0.3, 0.4) is 0 Å². The van der Waals surface area contributed by atoms with Gasteiger partial charge in [-0.3, -0.25) is 4.90 Å². The number of hydrogen-bond acceptors (Lipinski definition) is 3. The Morgan fingerprint density at radius 1 is 1.33 bits per heavy atom. The van der Waals surface area contributed by atoms with E-state index >= 15 is 0 Å². The van der Waals surface area contributed by atoms with E-state index in [-0.39, 0.29) is 5.92 Å². The molecular weight excluding hydrogens is 284 g/mol. The van der Waals surface area contributed by atoms with E-state index in [0.29, 0.717) is 19.6 Å². The number of nitrogens with zero attached hydrogens (tertiary/aromatic N) is 2. The molecule has 0 radical (unpaired) electrons. The van der Waals surface area contributed by atoms with Crippen LogP contribution in [0.5, 0.6) is 0 Å². The molecule has 0 atom stereocenters. The van der Waals surface area contributed by atoms with Crippen molar-refractivity contribution >= 4 is 22.5 Å². The maximum Gasteiger partial charge on any atom is 0.0923 e. The Morgan fingerprint density at radius 2 is 2.00 bits per heavy atom. The predicted octanol–water partition coefficient (Wildman–Crippen LogP) is 3.40. The Hall–Kier alpha value is -1.16. The van der Waals surface area contributed by atoms with Crippen molar-refractivity contribution in [1.82, 2.24) is 9.88 Å². The molecule has 0 unspecified atom stereocenters. The number of pyridine rings is 1. The fourth-order valence-electron chi connectivity index (χ4n) is 2.94. The second kappa shape index (κ2) is 5.24. The molecule has 1 N–H and O–H groups in total. The number of β-amino-alcohol motifs (C(OH)–C–C–N with tert-alkyl or cyclic N) is 1. The molecule has 2 aromatic rings. The number of aliphatic hydroxyl groups is 1. The number of para-hydroxylation sites is 1. The number of rotatable bonds is 3. The lowest BCUT2D eigenvalue weighted by Gasteiger charge is -2.49. The summed E-state index contributed by atoms with van der Waals surface area (Å²) in [7, 11) is 0. The van der Waals surface area contributed by atoms with E-state index in [1.807, 2.05) is 25.1 Å². The smallest absolute Gasteiger partial charge is 0.0923 e. The van der Waals surface area contributed by atoms with Crippen LogP contribution >= 0.6 is 11.6 Å². The van der Waals surface area contributed by atoms with Crippen molar-refractivity contribution in [3.05, 3.63) is 40.5 Å². The van der Waals surface area contributed by atoms with E-state index in [1.54, 1.807) is 0 Å². The zero-order valence-corrected chi connectivity index (χ0v) is 13.5. The summed E-state index contributed by atoms with van der Waals surface area (Å²) in [4.78, 5) is 6.89. The molecule has 1 aliphatic rings. The van der Waals surface area contributed by atoms with Gasteiger partial charge < -0.3 is 5.11 Å². The van der Waals surface area contributed by atoms with Gasteiger partial charge in [-0.15, -0.1) is 0 Å². The summed E-state index contributed by atoms with van der Waals surface area (Å²) in [6, 6.07) is 8.07. The van der Waals surface area contributed by atoms with E-state index in [1.165, 1.54) is 0 Å². The SMILES string of the molecule is Cc1c(Cl)c(CN2CC(O)(C(C)C)C2)nc2ccccc12. The molecule has 0 aliphatic carbocycles. The van der Waals surface area contributed by atoms with Crippen LogP contribution in [0.2, 0.25) is 5.02 Å². The van der Waals surface area contributed by atoms with E-state index in [2.05, 4.69) is 24.8 Å². The summed E-state index contributed by atoms with van der Waals surface area (Å²) in [6.07, 6.45) is 0. The van der Waals surface area contributed by atoms with Gasteiger partial charge in [0.05, 0.1) is 21.8 Å². The highest BCUT2D eigenvalue weighted by atomic mass is 35.5. The minimum Gasteiger partial charge on any atom is -0.387 e. The lowest BCUT2D eigenvalue weighted by atomic mass is 9.83. The molecule has 4 heteroatoms. The third-order valence-corrected chi connectivity index (χ3v) is 5.09. The van der Waals surface area contributed by atoms with Gasteiger partial charge >= 0.3 is 0 Å². The van der Waals surface area contributed by atoms with Gasteiger partial charge in [0.1, 0.15) is 0 Å². The maximum absolute atomic E-state index is 10.3. The van der Waals surface area contributed by atoms with Gasteiger partial charge in [-0.05, 0) is 24.5 Å². The first kappa shape index (κ1) is 14.8. The predicted molar refractivity (Wildman–Crippen MR) is 86.6 cm³/mol. The fraction of sp³-hybridized carbons (Fsp3) is 0.471. The first-order valence-corrected chi connectivity index (χ1v) is 7.77. The highest BCUT2D eigenvalue weighted by Gasteiger charge is 2.43. The molecule has 112 valence electrons. The zero-order chi connectivity index (χ0) is 15.2. The van der Waals surface area contributed by atoms with Gasteiger partial charge in [-0.2, -0.15) is 0 Å². The average Bonchev–Trinajstić information content (AvgIpc) is 2.42. The molecule has 0 bridgehead atoms. The van der Waals surface area contributed by atoms with Gasteiger partial charge in [0.25, 0.3) is 0 Å². The van der Waals surface area contributed by atoms with Crippen molar-refractivity contribution in [2.24, 2.45) is 5.92 Å². The lowest BCUT2D eigenvalue weighted by Crippen LogP contribution is -2.63. The first-order chi connectivity index (χ1) is 9.90. The molecule has 2 heterocycles. The maximum atomic E-state index is 10.3. The number of benzene rings is 1. The van der Waals surface area contributed by atoms with Crippen molar-refractivity contribution in [3.63, 3.8) is 0 Å². The van der Waals surface area contributed by atoms with E-state index in [0.717, 1.165) is 27.2 Å². The van der Waals surface area contributed by atoms with E-state index < -0.39 is 5.60 Å². The molecule has 0 amide bonds. The minimum absolute atomic E-state index is 0.274. The van der Waals surface area contributed by atoms with Gasteiger partial charge in [0, 0.05) is 25.0 Å². The van der Waals surface area contributed by atoms with Crippen molar-refractivity contribution in [3.8, 4) is 0 Å². The van der Waals surface area contributed by atoms with E-state index in [4.69, 9.17) is 16.6 Å². The highest BCUT2D eigenvalue weighted by Crippen LogP contribution is 2.32. The van der Waals surface area contributed by atoms with Crippen molar-refractivity contribution < 1.29 is 5.11 Å². The van der Waals surface area contributed by atoms with Crippen LogP contribution in [0.15, 0.2) is 24.3 Å². The molecule has 1 aliphatic heterocycles. The Bertz CT molecular complexity index is 678. The topological polar surface area (TPSA) is 36.4 Å². The Balaban J connectivity index is 1.84. The molecule has 0 saturated carbocycles. The zero-order valence-electron chi connectivity index (χ0n) is 12.7. The van der Waals surface area contributed by atoms with Crippen LogP contribution in [0.1, 0.15) is 25.1 Å². The van der Waals surface area contributed by atoms with Crippen LogP contribution in [0.25, 0.3) is 10.9 Å². The van der Waals surface area contributed by atoms with Crippen molar-refractivity contribution in [2.45, 2.75) is 32.9 Å². The molecular formula is C17H21ClN2O. The number of fused-ring (bicyclic) bond motifs is 1. The molecule has 3 nitrogen and oxygen atoms in total. The Labute approximate surface area is 130 Å². The molecule has 1 aromatic carbocycles. The summed E-state index contributed by atoms with van der Waals surface area (Å²) in [5.74, 6) is 0.274. The van der Waals surface area contributed by atoms with Crippen LogP contribution < -0.4 is 0 Å².